The summed E-state index contributed by atoms with van der Waals surface area (Å²) in [4.78, 5) is 34.0. The van der Waals surface area contributed by atoms with Gasteiger partial charge in [0.05, 0.1) is 28.9 Å². The largest absolute Gasteiger partial charge is 0.467 e. The third-order valence-electron chi connectivity index (χ3n) is 8.41. The molecule has 0 spiro atoms. The fraction of sp³-hybridized carbons (Fsp3) is 0.344. The number of rotatable bonds is 4. The summed E-state index contributed by atoms with van der Waals surface area (Å²) in [5.74, 6) is 1.80. The minimum absolute atomic E-state index is 0.0341. The number of piperazine rings is 1. The number of benzene rings is 2. The Balaban J connectivity index is 1.19. The van der Waals surface area contributed by atoms with E-state index in [0.29, 0.717) is 30.8 Å². The molecule has 4 heterocycles. The van der Waals surface area contributed by atoms with Gasteiger partial charge in [-0.1, -0.05) is 38.1 Å². The van der Waals surface area contributed by atoms with Crippen molar-refractivity contribution in [3.63, 3.8) is 0 Å². The van der Waals surface area contributed by atoms with Crippen molar-refractivity contribution in [1.82, 2.24) is 9.27 Å². The van der Waals surface area contributed by atoms with Crippen molar-refractivity contribution in [2.75, 3.05) is 47.8 Å². The first-order chi connectivity index (χ1) is 19.9. The van der Waals surface area contributed by atoms with E-state index in [0.717, 1.165) is 47.8 Å². The number of para-hydroxylation sites is 2. The van der Waals surface area contributed by atoms with Gasteiger partial charge >= 0.3 is 0 Å². The van der Waals surface area contributed by atoms with Crippen LogP contribution in [0.5, 0.6) is 0 Å². The average Bonchev–Trinajstić information content (AvgIpc) is 3.62. The Hall–Kier alpha value is -4.11. The quantitative estimate of drug-likeness (QED) is 0.331. The molecule has 4 aromatic rings. The Bertz CT molecular complexity index is 1650. The van der Waals surface area contributed by atoms with Crippen molar-refractivity contribution < 1.29 is 14.0 Å². The van der Waals surface area contributed by atoms with Crippen molar-refractivity contribution in [3.05, 3.63) is 84.0 Å². The van der Waals surface area contributed by atoms with Crippen LogP contribution in [0.3, 0.4) is 0 Å². The third-order valence-corrected chi connectivity index (χ3v) is 9.23. The maximum atomic E-state index is 14.0. The van der Waals surface area contributed by atoms with Crippen molar-refractivity contribution >= 4 is 50.5 Å². The van der Waals surface area contributed by atoms with E-state index in [1.54, 1.807) is 6.26 Å². The van der Waals surface area contributed by atoms with Crippen LogP contribution in [0, 0.1) is 5.41 Å². The number of carbonyl (C=O) groups is 2. The molecule has 1 amide bonds. The standard InChI is InChI=1S/C32H33N5O3S/c1-32(2)18-23-29(25(38)19-32)30(26-11-7-17-40-26)37(24-10-5-4-9-22(24)33-23)20-28(39)35-13-15-36(16-14-35)31-21-8-3-6-12-27(21)41-34-31/h3-12,17,30,33H,13-16,18-20H2,1-2H3. The highest BCUT2D eigenvalue weighted by Crippen LogP contribution is 2.48. The van der Waals surface area contributed by atoms with Crippen LogP contribution in [-0.2, 0) is 9.59 Å². The van der Waals surface area contributed by atoms with Gasteiger partial charge in [-0.2, -0.15) is 4.37 Å². The van der Waals surface area contributed by atoms with Crippen LogP contribution in [-0.4, -0.2) is 53.7 Å². The predicted molar refractivity (Wildman–Crippen MR) is 162 cm³/mol. The van der Waals surface area contributed by atoms with Crippen molar-refractivity contribution in [1.29, 1.82) is 0 Å². The first-order valence-electron chi connectivity index (χ1n) is 14.2. The Morgan fingerprint density at radius 3 is 2.61 bits per heavy atom. The second kappa shape index (κ2) is 10.1. The molecule has 1 saturated heterocycles. The molecule has 1 aliphatic carbocycles. The van der Waals surface area contributed by atoms with Gasteiger partial charge in [-0.05, 0) is 59.8 Å². The molecule has 1 atom stereocenters. The van der Waals surface area contributed by atoms with Gasteiger partial charge in [-0.25, -0.2) is 0 Å². The molecule has 1 unspecified atom stereocenters. The van der Waals surface area contributed by atoms with Gasteiger partial charge in [0.1, 0.15) is 17.6 Å². The Labute approximate surface area is 243 Å². The highest BCUT2D eigenvalue weighted by Gasteiger charge is 2.43. The normalized spacial score (nSPS) is 20.5. The highest BCUT2D eigenvalue weighted by atomic mass is 32.1. The molecule has 8 nitrogen and oxygen atoms in total. The lowest BCUT2D eigenvalue weighted by Gasteiger charge is -2.39. The number of ketones is 1. The number of fused-ring (bicyclic) bond motifs is 2. The maximum absolute atomic E-state index is 14.0. The summed E-state index contributed by atoms with van der Waals surface area (Å²) in [6, 6.07) is 19.5. The smallest absolute Gasteiger partial charge is 0.242 e. The molecule has 0 radical (unpaired) electrons. The van der Waals surface area contributed by atoms with Crippen molar-refractivity contribution in [2.24, 2.45) is 5.41 Å². The molecule has 0 saturated carbocycles. The maximum Gasteiger partial charge on any atom is 0.242 e. The van der Waals surface area contributed by atoms with Gasteiger partial charge in [-0.15, -0.1) is 0 Å². The molecule has 1 N–H and O–H groups in total. The molecule has 41 heavy (non-hydrogen) atoms. The minimum Gasteiger partial charge on any atom is -0.467 e. The lowest BCUT2D eigenvalue weighted by molar-refractivity contribution is -0.130. The number of allylic oxidation sites excluding steroid dienone is 1. The molecule has 7 rings (SSSR count). The first kappa shape index (κ1) is 25.8. The lowest BCUT2D eigenvalue weighted by Crippen LogP contribution is -2.52. The number of nitrogens with one attached hydrogen (secondary N) is 1. The van der Waals surface area contributed by atoms with Gasteiger partial charge < -0.3 is 24.4 Å². The van der Waals surface area contributed by atoms with Crippen molar-refractivity contribution in [2.45, 2.75) is 32.7 Å². The number of carbonyl (C=O) groups excluding carboxylic acids is 2. The summed E-state index contributed by atoms with van der Waals surface area (Å²) in [6.07, 6.45) is 2.84. The van der Waals surface area contributed by atoms with E-state index < -0.39 is 6.04 Å². The van der Waals surface area contributed by atoms with Crippen molar-refractivity contribution in [3.8, 4) is 0 Å². The summed E-state index contributed by atoms with van der Waals surface area (Å²) in [7, 11) is 0. The minimum atomic E-state index is -0.494. The highest BCUT2D eigenvalue weighted by molar-refractivity contribution is 7.13. The van der Waals surface area contributed by atoms with Crippen LogP contribution >= 0.6 is 11.5 Å². The number of hydrogen-bond acceptors (Lipinski definition) is 8. The third kappa shape index (κ3) is 4.68. The molecule has 9 heteroatoms. The lowest BCUT2D eigenvalue weighted by atomic mass is 9.74. The van der Waals surface area contributed by atoms with E-state index >= 15 is 0 Å². The molecule has 2 aromatic carbocycles. The molecule has 210 valence electrons. The zero-order valence-electron chi connectivity index (χ0n) is 23.3. The monoisotopic (exact) mass is 567 g/mol. The first-order valence-corrected chi connectivity index (χ1v) is 14.9. The number of anilines is 3. The van der Waals surface area contributed by atoms with Gasteiger partial charge in [0, 0.05) is 49.3 Å². The van der Waals surface area contributed by atoms with Crippen LogP contribution in [0.1, 0.15) is 38.5 Å². The number of furan rings is 1. The second-order valence-electron chi connectivity index (χ2n) is 11.9. The van der Waals surface area contributed by atoms with E-state index in [-0.39, 0.29) is 23.7 Å². The molecule has 0 bridgehead atoms. The zero-order chi connectivity index (χ0) is 28.1. The summed E-state index contributed by atoms with van der Waals surface area (Å²) in [5.41, 5.74) is 3.24. The number of nitrogens with zero attached hydrogens (tertiary/aromatic N) is 4. The number of Topliss-reactive ketones (excluding diaryl/α,β-unsaturated/α-hetero) is 1. The fourth-order valence-electron chi connectivity index (χ4n) is 6.48. The molecular weight excluding hydrogens is 534 g/mol. The molecule has 3 aliphatic rings. The summed E-state index contributed by atoms with van der Waals surface area (Å²) in [5, 5.41) is 4.76. The molecule has 2 aliphatic heterocycles. The Morgan fingerprint density at radius 2 is 1.80 bits per heavy atom. The average molecular weight is 568 g/mol. The van der Waals surface area contributed by atoms with E-state index in [9.17, 15) is 9.59 Å². The van der Waals surface area contributed by atoms with Gasteiger partial charge in [-0.3, -0.25) is 9.59 Å². The van der Waals surface area contributed by atoms with E-state index in [4.69, 9.17) is 8.79 Å². The molecule has 2 aromatic heterocycles. The van der Waals surface area contributed by atoms with E-state index in [1.807, 2.05) is 53.4 Å². The van der Waals surface area contributed by atoms with Gasteiger partial charge in [0.15, 0.2) is 5.78 Å². The second-order valence-corrected chi connectivity index (χ2v) is 12.7. The fourth-order valence-corrected chi connectivity index (χ4v) is 7.28. The Kier molecular flexibility index (Phi) is 6.34. The number of amides is 1. The summed E-state index contributed by atoms with van der Waals surface area (Å²) in [6.45, 7) is 7.08. The van der Waals surface area contributed by atoms with Crippen LogP contribution in [0.15, 0.2) is 82.6 Å². The summed E-state index contributed by atoms with van der Waals surface area (Å²) < 4.78 is 11.8. The summed E-state index contributed by atoms with van der Waals surface area (Å²) >= 11 is 1.52. The van der Waals surface area contributed by atoms with Gasteiger partial charge in [0.25, 0.3) is 0 Å². The molecule has 1 fully saturated rings. The zero-order valence-corrected chi connectivity index (χ0v) is 24.1. The molecular formula is C32H33N5O3S. The number of aromatic nitrogens is 1. The van der Waals surface area contributed by atoms with Crippen LogP contribution in [0.2, 0.25) is 0 Å². The topological polar surface area (TPSA) is 81.9 Å². The van der Waals surface area contributed by atoms with Crippen LogP contribution < -0.4 is 15.1 Å². The predicted octanol–water partition coefficient (Wildman–Crippen LogP) is 5.85. The van der Waals surface area contributed by atoms with E-state index in [1.165, 1.54) is 16.2 Å². The van der Waals surface area contributed by atoms with E-state index in [2.05, 4.69) is 41.1 Å². The van der Waals surface area contributed by atoms with Crippen LogP contribution in [0.25, 0.3) is 10.1 Å². The number of hydrogen-bond donors (Lipinski definition) is 1. The Morgan fingerprint density at radius 1 is 1.02 bits per heavy atom. The van der Waals surface area contributed by atoms with Gasteiger partial charge in [0.2, 0.25) is 5.91 Å². The van der Waals surface area contributed by atoms with Crippen LogP contribution in [0.4, 0.5) is 17.2 Å². The SMILES string of the molecule is CC1(C)CC(=O)C2=C(C1)Nc1ccccc1N(CC(=O)N1CCN(c3nsc4ccccc34)CC1)C2c1ccco1.